The average Bonchev–Trinajstić information content (AvgIpc) is 2.86. The molecule has 0 atom stereocenters. The van der Waals surface area contributed by atoms with E-state index in [1.807, 2.05) is 20.8 Å². The molecular weight excluding hydrogens is 246 g/mol. The van der Waals surface area contributed by atoms with Gasteiger partial charge in [-0.15, -0.1) is 5.10 Å². The van der Waals surface area contributed by atoms with Crippen molar-refractivity contribution >= 4 is 11.8 Å². The first-order valence-electron chi connectivity index (χ1n) is 6.41. The van der Waals surface area contributed by atoms with Crippen molar-refractivity contribution in [2.75, 3.05) is 20.1 Å². The van der Waals surface area contributed by atoms with Gasteiger partial charge in [-0.05, 0) is 6.42 Å². The summed E-state index contributed by atoms with van der Waals surface area (Å²) >= 11 is 0. The van der Waals surface area contributed by atoms with Crippen LogP contribution >= 0.6 is 0 Å². The first kappa shape index (κ1) is 15.1. The number of amides is 2. The summed E-state index contributed by atoms with van der Waals surface area (Å²) < 4.78 is 0. The van der Waals surface area contributed by atoms with E-state index >= 15 is 0 Å². The minimum atomic E-state index is -0.325. The van der Waals surface area contributed by atoms with Crippen molar-refractivity contribution in [2.24, 2.45) is 0 Å². The molecule has 2 amide bonds. The maximum atomic E-state index is 12.2. The maximum absolute atomic E-state index is 12.2. The lowest BCUT2D eigenvalue weighted by Gasteiger charge is -2.19. The summed E-state index contributed by atoms with van der Waals surface area (Å²) in [6.45, 7) is 6.39. The normalized spacial score (nSPS) is 10.6. The molecule has 1 aromatic heterocycles. The fourth-order valence-electron chi connectivity index (χ4n) is 1.54. The highest BCUT2D eigenvalue weighted by Gasteiger charge is 2.22. The molecule has 0 aliphatic heterocycles. The number of hydrogen-bond donors (Lipinski definition) is 2. The van der Waals surface area contributed by atoms with Gasteiger partial charge in [0.25, 0.3) is 5.91 Å². The smallest absolute Gasteiger partial charge is 0.293 e. The van der Waals surface area contributed by atoms with E-state index in [4.69, 9.17) is 0 Å². The Hall–Kier alpha value is -1.92. The Balaban J connectivity index is 2.82. The molecule has 0 fully saturated rings. The Morgan fingerprint density at radius 1 is 1.42 bits per heavy atom. The van der Waals surface area contributed by atoms with Gasteiger partial charge in [0.05, 0.1) is 6.54 Å². The largest absolute Gasteiger partial charge is 0.358 e. The van der Waals surface area contributed by atoms with E-state index in [0.29, 0.717) is 12.4 Å². The number of aromatic amines is 1. The summed E-state index contributed by atoms with van der Waals surface area (Å²) in [7, 11) is 1.54. The van der Waals surface area contributed by atoms with Crippen LogP contribution in [0.25, 0.3) is 0 Å². The Morgan fingerprint density at radius 2 is 2.11 bits per heavy atom. The second-order valence-electron chi connectivity index (χ2n) is 4.60. The molecule has 0 unspecified atom stereocenters. The summed E-state index contributed by atoms with van der Waals surface area (Å²) in [5.41, 5.74) is 0. The van der Waals surface area contributed by atoms with E-state index in [1.165, 1.54) is 4.90 Å². The van der Waals surface area contributed by atoms with Crippen LogP contribution in [0, 0.1) is 0 Å². The maximum Gasteiger partial charge on any atom is 0.293 e. The summed E-state index contributed by atoms with van der Waals surface area (Å²) in [6, 6.07) is 0. The summed E-state index contributed by atoms with van der Waals surface area (Å²) in [5.74, 6) is 0.420. The molecular formula is C12H21N5O2. The van der Waals surface area contributed by atoms with Gasteiger partial charge in [0.2, 0.25) is 11.7 Å². The highest BCUT2D eigenvalue weighted by atomic mass is 16.2. The summed E-state index contributed by atoms with van der Waals surface area (Å²) in [5, 5.41) is 9.16. The van der Waals surface area contributed by atoms with Crippen molar-refractivity contribution < 1.29 is 9.59 Å². The average molecular weight is 267 g/mol. The van der Waals surface area contributed by atoms with Crippen LogP contribution in [0.5, 0.6) is 0 Å². The van der Waals surface area contributed by atoms with Crippen LogP contribution in [0.3, 0.4) is 0 Å². The lowest BCUT2D eigenvalue weighted by atomic mass is 10.2. The number of nitrogens with one attached hydrogen (secondary N) is 2. The number of hydrogen-bond acceptors (Lipinski definition) is 4. The molecule has 1 heterocycles. The van der Waals surface area contributed by atoms with Crippen LogP contribution in [0.2, 0.25) is 0 Å². The number of carbonyl (C=O) groups is 2. The third-order valence-electron chi connectivity index (χ3n) is 2.63. The summed E-state index contributed by atoms with van der Waals surface area (Å²) in [6.07, 6.45) is 0.768. The van der Waals surface area contributed by atoms with E-state index < -0.39 is 0 Å². The first-order chi connectivity index (χ1) is 8.99. The van der Waals surface area contributed by atoms with Gasteiger partial charge in [-0.2, -0.15) is 0 Å². The van der Waals surface area contributed by atoms with Crippen LogP contribution in [0.1, 0.15) is 49.6 Å². The number of aromatic nitrogens is 3. The predicted molar refractivity (Wildman–Crippen MR) is 70.7 cm³/mol. The third kappa shape index (κ3) is 4.04. The Labute approximate surface area is 112 Å². The molecule has 0 saturated heterocycles. The zero-order valence-electron chi connectivity index (χ0n) is 11.9. The van der Waals surface area contributed by atoms with E-state index in [0.717, 1.165) is 6.42 Å². The molecule has 7 heteroatoms. The summed E-state index contributed by atoms with van der Waals surface area (Å²) in [4.78, 5) is 29.2. The SMILES string of the molecule is CCCN(CC(=O)NC)C(=O)c1n[nH]c(C(C)C)n1. The molecule has 7 nitrogen and oxygen atoms in total. The van der Waals surface area contributed by atoms with Crippen LogP contribution < -0.4 is 5.32 Å². The van der Waals surface area contributed by atoms with Crippen molar-refractivity contribution in [1.82, 2.24) is 25.4 Å². The highest BCUT2D eigenvalue weighted by molar-refractivity contribution is 5.93. The van der Waals surface area contributed by atoms with Crippen molar-refractivity contribution in [3.63, 3.8) is 0 Å². The van der Waals surface area contributed by atoms with Crippen molar-refractivity contribution in [3.05, 3.63) is 11.6 Å². The first-order valence-corrected chi connectivity index (χ1v) is 6.41. The Kier molecular flexibility index (Phi) is 5.47. The second-order valence-corrected chi connectivity index (χ2v) is 4.60. The molecule has 2 N–H and O–H groups in total. The minimum absolute atomic E-state index is 0.0225. The third-order valence-corrected chi connectivity index (χ3v) is 2.63. The van der Waals surface area contributed by atoms with Crippen molar-refractivity contribution in [3.8, 4) is 0 Å². The molecule has 1 aromatic rings. The molecule has 0 bridgehead atoms. The molecule has 0 spiro atoms. The molecule has 0 saturated carbocycles. The van der Waals surface area contributed by atoms with E-state index in [9.17, 15) is 9.59 Å². The van der Waals surface area contributed by atoms with Gasteiger partial charge in [0, 0.05) is 19.5 Å². The van der Waals surface area contributed by atoms with Gasteiger partial charge in [-0.25, -0.2) is 4.98 Å². The van der Waals surface area contributed by atoms with Gasteiger partial charge in [0.1, 0.15) is 5.82 Å². The zero-order chi connectivity index (χ0) is 14.4. The van der Waals surface area contributed by atoms with Crippen LogP contribution in [0.15, 0.2) is 0 Å². The number of nitrogens with zero attached hydrogens (tertiary/aromatic N) is 3. The lowest BCUT2D eigenvalue weighted by Crippen LogP contribution is -2.40. The van der Waals surface area contributed by atoms with Crippen molar-refractivity contribution in [2.45, 2.75) is 33.1 Å². The molecule has 106 valence electrons. The lowest BCUT2D eigenvalue weighted by molar-refractivity contribution is -0.121. The van der Waals surface area contributed by atoms with Gasteiger partial charge in [0.15, 0.2) is 0 Å². The molecule has 1 rings (SSSR count). The Morgan fingerprint density at radius 3 is 2.58 bits per heavy atom. The van der Waals surface area contributed by atoms with E-state index in [2.05, 4.69) is 20.5 Å². The number of likely N-dealkylation sites (N-methyl/N-ethyl adjacent to an activating group) is 1. The fourth-order valence-corrected chi connectivity index (χ4v) is 1.54. The van der Waals surface area contributed by atoms with Gasteiger partial charge >= 0.3 is 0 Å². The molecule has 0 radical (unpaired) electrons. The number of H-pyrrole nitrogens is 1. The van der Waals surface area contributed by atoms with Crippen LogP contribution in [-0.4, -0.2) is 52.0 Å². The standard InChI is InChI=1S/C12H21N5O2/c1-5-6-17(7-9(18)13-4)12(19)11-14-10(8(2)3)15-16-11/h8H,5-7H2,1-4H3,(H,13,18)(H,14,15,16). The van der Waals surface area contributed by atoms with Gasteiger partial charge < -0.3 is 10.2 Å². The minimum Gasteiger partial charge on any atom is -0.358 e. The van der Waals surface area contributed by atoms with Gasteiger partial charge in [-0.1, -0.05) is 20.8 Å². The fraction of sp³-hybridized carbons (Fsp3) is 0.667. The second kappa shape index (κ2) is 6.86. The molecule has 19 heavy (non-hydrogen) atoms. The van der Waals surface area contributed by atoms with Crippen molar-refractivity contribution in [1.29, 1.82) is 0 Å². The predicted octanol–water partition coefficient (Wildman–Crippen LogP) is 0.526. The van der Waals surface area contributed by atoms with Gasteiger partial charge in [-0.3, -0.25) is 14.7 Å². The monoisotopic (exact) mass is 267 g/mol. The number of carbonyl (C=O) groups excluding carboxylic acids is 2. The van der Waals surface area contributed by atoms with Crippen LogP contribution in [0.4, 0.5) is 0 Å². The molecule has 0 aromatic carbocycles. The molecule has 0 aliphatic rings. The quantitative estimate of drug-likeness (QED) is 0.786. The highest BCUT2D eigenvalue weighted by Crippen LogP contribution is 2.09. The van der Waals surface area contributed by atoms with E-state index in [1.54, 1.807) is 7.05 Å². The zero-order valence-corrected chi connectivity index (χ0v) is 11.9. The Bertz CT molecular complexity index is 441. The topological polar surface area (TPSA) is 91.0 Å². The van der Waals surface area contributed by atoms with E-state index in [-0.39, 0.29) is 30.1 Å². The molecule has 0 aliphatic carbocycles. The number of rotatable bonds is 6. The van der Waals surface area contributed by atoms with Crippen LogP contribution in [-0.2, 0) is 4.79 Å².